The number of nitrogens with one attached hydrogen (secondary N) is 1. The summed E-state index contributed by atoms with van der Waals surface area (Å²) in [5, 5.41) is 9.41. The van der Waals surface area contributed by atoms with Gasteiger partial charge in [-0.05, 0) is 17.7 Å². The third kappa shape index (κ3) is 6.21. The van der Waals surface area contributed by atoms with Crippen molar-refractivity contribution in [3.8, 4) is 0 Å². The van der Waals surface area contributed by atoms with Gasteiger partial charge in [0.05, 0.1) is 31.1 Å². The third-order valence-electron chi connectivity index (χ3n) is 2.60. The molecule has 118 valence electrons. The molecule has 0 fully saturated rings. The molecule has 7 nitrogen and oxygen atoms in total. The van der Waals surface area contributed by atoms with E-state index in [1.54, 1.807) is 12.1 Å². The zero-order valence-corrected chi connectivity index (χ0v) is 12.7. The number of carbonyl (C=O) groups excluding carboxylic acids is 1. The fourth-order valence-electron chi connectivity index (χ4n) is 1.65. The molecule has 0 aliphatic carbocycles. The van der Waals surface area contributed by atoms with Gasteiger partial charge in [0.15, 0.2) is 0 Å². The van der Waals surface area contributed by atoms with Crippen molar-refractivity contribution in [1.29, 1.82) is 0 Å². The summed E-state index contributed by atoms with van der Waals surface area (Å²) >= 11 is 0. The highest BCUT2D eigenvalue weighted by Crippen LogP contribution is 2.09. The lowest BCUT2D eigenvalue weighted by molar-refractivity contribution is 0.0600. The number of hydrogen-bond donors (Lipinski definition) is 2. The molecule has 0 saturated heterocycles. The van der Waals surface area contributed by atoms with Crippen molar-refractivity contribution >= 4 is 16.0 Å². The summed E-state index contributed by atoms with van der Waals surface area (Å²) in [6.45, 7) is -0.0901. The van der Waals surface area contributed by atoms with Gasteiger partial charge < -0.3 is 14.6 Å². The van der Waals surface area contributed by atoms with Crippen LogP contribution >= 0.6 is 0 Å². The topological polar surface area (TPSA) is 102 Å². The van der Waals surface area contributed by atoms with Crippen LogP contribution in [0.25, 0.3) is 0 Å². The minimum atomic E-state index is -3.61. The van der Waals surface area contributed by atoms with E-state index in [9.17, 15) is 18.3 Å². The highest BCUT2D eigenvalue weighted by Gasteiger charge is 2.15. The van der Waals surface area contributed by atoms with Gasteiger partial charge in [-0.2, -0.15) is 0 Å². The lowest BCUT2D eigenvalue weighted by Gasteiger charge is -2.11. The van der Waals surface area contributed by atoms with Crippen molar-refractivity contribution in [1.82, 2.24) is 4.72 Å². The molecule has 21 heavy (non-hydrogen) atoms. The number of aliphatic hydroxyl groups excluding tert-OH is 1. The molecular weight excluding hydrogens is 298 g/mol. The molecule has 1 aromatic carbocycles. The molecule has 8 heteroatoms. The number of hydrogen-bond acceptors (Lipinski definition) is 6. The quantitative estimate of drug-likeness (QED) is 0.649. The maximum Gasteiger partial charge on any atom is 0.337 e. The Labute approximate surface area is 123 Å². The molecule has 1 atom stereocenters. The van der Waals surface area contributed by atoms with Crippen LogP contribution in [0.1, 0.15) is 15.9 Å². The normalized spacial score (nSPS) is 12.9. The fraction of sp³-hybridized carbons (Fsp3) is 0.462. The number of rotatable bonds is 8. The molecule has 0 heterocycles. The molecular formula is C13H19NO6S. The Bertz CT molecular complexity index is 572. The van der Waals surface area contributed by atoms with Crippen LogP contribution in [0.5, 0.6) is 0 Å². The summed E-state index contributed by atoms with van der Waals surface area (Å²) in [5.74, 6) is -0.824. The van der Waals surface area contributed by atoms with E-state index in [1.807, 2.05) is 0 Å². The van der Waals surface area contributed by atoms with Crippen LogP contribution in [0, 0.1) is 0 Å². The smallest absolute Gasteiger partial charge is 0.337 e. The molecule has 0 saturated carbocycles. The van der Waals surface area contributed by atoms with Crippen molar-refractivity contribution in [2.24, 2.45) is 0 Å². The van der Waals surface area contributed by atoms with Crippen LogP contribution in [0.15, 0.2) is 24.3 Å². The molecule has 0 aromatic heterocycles. The maximum absolute atomic E-state index is 11.9. The van der Waals surface area contributed by atoms with Crippen molar-refractivity contribution < 1.29 is 27.8 Å². The second-order valence-electron chi connectivity index (χ2n) is 4.41. The highest BCUT2D eigenvalue weighted by atomic mass is 32.2. The van der Waals surface area contributed by atoms with E-state index in [0.717, 1.165) is 0 Å². The largest absolute Gasteiger partial charge is 0.465 e. The summed E-state index contributed by atoms with van der Waals surface area (Å²) in [7, 11) is -0.948. The van der Waals surface area contributed by atoms with Gasteiger partial charge in [0.2, 0.25) is 10.0 Å². The van der Waals surface area contributed by atoms with Gasteiger partial charge in [-0.1, -0.05) is 12.1 Å². The Kier molecular flexibility index (Phi) is 6.76. The van der Waals surface area contributed by atoms with Gasteiger partial charge in [-0.25, -0.2) is 17.9 Å². The summed E-state index contributed by atoms with van der Waals surface area (Å²) in [5.41, 5.74) is 0.733. The summed E-state index contributed by atoms with van der Waals surface area (Å²) in [6, 6.07) is 6.17. The van der Waals surface area contributed by atoms with Crippen LogP contribution in [0.3, 0.4) is 0 Å². The van der Waals surface area contributed by atoms with E-state index in [2.05, 4.69) is 9.46 Å². The molecule has 0 spiro atoms. The minimum absolute atomic E-state index is 0.0420. The number of esters is 1. The molecule has 0 aliphatic rings. The first kappa shape index (κ1) is 17.6. The van der Waals surface area contributed by atoms with Gasteiger partial charge in [-0.3, -0.25) is 0 Å². The number of ether oxygens (including phenoxy) is 2. The van der Waals surface area contributed by atoms with E-state index in [1.165, 1.54) is 26.4 Å². The predicted molar refractivity (Wildman–Crippen MR) is 76.3 cm³/mol. The lowest BCUT2D eigenvalue weighted by atomic mass is 10.1. The summed E-state index contributed by atoms with van der Waals surface area (Å²) in [4.78, 5) is 11.4. The van der Waals surface area contributed by atoms with Crippen LogP contribution in [0.4, 0.5) is 0 Å². The summed E-state index contributed by atoms with van der Waals surface area (Å²) < 4.78 is 35.3. The second-order valence-corrected chi connectivity index (χ2v) is 6.22. The maximum atomic E-state index is 11.9. The number of benzene rings is 1. The Morgan fingerprint density at radius 1 is 1.38 bits per heavy atom. The number of methoxy groups -OCH3 is 2. The van der Waals surface area contributed by atoms with Gasteiger partial charge in [-0.15, -0.1) is 0 Å². The first-order chi connectivity index (χ1) is 9.88. The zero-order chi connectivity index (χ0) is 15.9. The van der Waals surface area contributed by atoms with Gasteiger partial charge in [0.1, 0.15) is 0 Å². The van der Waals surface area contributed by atoms with Gasteiger partial charge >= 0.3 is 5.97 Å². The van der Waals surface area contributed by atoms with Crippen LogP contribution in [-0.4, -0.2) is 53.0 Å². The number of carbonyl (C=O) groups is 1. The number of sulfonamides is 1. The molecule has 2 N–H and O–H groups in total. The molecule has 1 rings (SSSR count). The second kappa shape index (κ2) is 8.08. The predicted octanol–water partition coefficient (Wildman–Crippen LogP) is -0.100. The summed E-state index contributed by atoms with van der Waals surface area (Å²) in [6.07, 6.45) is -0.911. The highest BCUT2D eigenvalue weighted by molar-refractivity contribution is 7.88. The Morgan fingerprint density at radius 2 is 2.10 bits per heavy atom. The molecule has 0 aliphatic heterocycles. The molecule has 0 radical (unpaired) electrons. The zero-order valence-electron chi connectivity index (χ0n) is 11.9. The first-order valence-corrected chi connectivity index (χ1v) is 7.84. The lowest BCUT2D eigenvalue weighted by Crippen LogP contribution is -2.35. The van der Waals surface area contributed by atoms with Crippen molar-refractivity contribution in [2.45, 2.75) is 11.9 Å². The van der Waals surface area contributed by atoms with Crippen molar-refractivity contribution in [2.75, 3.05) is 27.4 Å². The minimum Gasteiger partial charge on any atom is -0.465 e. The fourth-order valence-corrected chi connectivity index (χ4v) is 2.82. The van der Waals surface area contributed by atoms with Gasteiger partial charge in [0, 0.05) is 13.7 Å². The van der Waals surface area contributed by atoms with E-state index in [4.69, 9.17) is 4.74 Å². The molecule has 1 aromatic rings. The van der Waals surface area contributed by atoms with Crippen LogP contribution < -0.4 is 4.72 Å². The van der Waals surface area contributed by atoms with Crippen molar-refractivity contribution in [3.63, 3.8) is 0 Å². The van der Waals surface area contributed by atoms with E-state index < -0.39 is 22.1 Å². The SMILES string of the molecule is COCC(O)CNS(=O)(=O)Cc1cccc(C(=O)OC)c1. The first-order valence-electron chi connectivity index (χ1n) is 6.19. The van der Waals surface area contributed by atoms with Crippen molar-refractivity contribution in [3.05, 3.63) is 35.4 Å². The van der Waals surface area contributed by atoms with Crippen LogP contribution in [0.2, 0.25) is 0 Å². The van der Waals surface area contributed by atoms with E-state index >= 15 is 0 Å². The third-order valence-corrected chi connectivity index (χ3v) is 3.92. The van der Waals surface area contributed by atoms with E-state index in [-0.39, 0.29) is 24.5 Å². The monoisotopic (exact) mass is 317 g/mol. The average molecular weight is 317 g/mol. The number of aliphatic hydroxyl groups is 1. The molecule has 1 unspecified atom stereocenters. The standard InChI is InChI=1S/C13H19NO6S/c1-19-8-12(15)7-14-21(17,18)9-10-4-3-5-11(6-10)13(16)20-2/h3-6,12,14-15H,7-9H2,1-2H3. The Hall–Kier alpha value is -1.48. The van der Waals surface area contributed by atoms with E-state index in [0.29, 0.717) is 5.56 Å². The molecule has 0 bridgehead atoms. The molecule has 0 amide bonds. The van der Waals surface area contributed by atoms with Gasteiger partial charge in [0.25, 0.3) is 0 Å². The van der Waals surface area contributed by atoms with Crippen LogP contribution in [-0.2, 0) is 25.2 Å². The Morgan fingerprint density at radius 3 is 2.71 bits per heavy atom. The average Bonchev–Trinajstić information content (AvgIpc) is 2.44. The Balaban J connectivity index is 2.69.